The van der Waals surface area contributed by atoms with Crippen LogP contribution in [0.5, 0.6) is 11.5 Å². The van der Waals surface area contributed by atoms with Gasteiger partial charge >= 0.3 is 0 Å². The summed E-state index contributed by atoms with van der Waals surface area (Å²) in [4.78, 5) is 18.5. The molecule has 0 saturated carbocycles. The van der Waals surface area contributed by atoms with Crippen molar-refractivity contribution in [2.24, 2.45) is 0 Å². The predicted molar refractivity (Wildman–Crippen MR) is 80.9 cm³/mol. The molecule has 1 amide bonds. The molecule has 3 rings (SSSR count). The molecule has 1 aliphatic heterocycles. The number of carbonyl (C=O) groups excluding carboxylic acids is 1. The van der Waals surface area contributed by atoms with Gasteiger partial charge in [0.05, 0.1) is 13.7 Å². The molecule has 116 valence electrons. The molecule has 0 radical (unpaired) electrons. The number of hydrogen-bond donors (Lipinski definition) is 0. The molecule has 22 heavy (non-hydrogen) atoms. The summed E-state index contributed by atoms with van der Waals surface area (Å²) in [6.07, 6.45) is 3.52. The van der Waals surface area contributed by atoms with E-state index in [2.05, 4.69) is 4.98 Å². The van der Waals surface area contributed by atoms with E-state index in [1.165, 1.54) is 0 Å². The summed E-state index contributed by atoms with van der Waals surface area (Å²) in [6.45, 7) is 3.79. The fourth-order valence-corrected chi connectivity index (χ4v) is 2.51. The highest BCUT2D eigenvalue weighted by molar-refractivity contribution is 5.76. The Morgan fingerprint density at radius 2 is 2.32 bits per heavy atom. The van der Waals surface area contributed by atoms with E-state index >= 15 is 0 Å². The van der Waals surface area contributed by atoms with Crippen molar-refractivity contribution in [3.8, 4) is 11.5 Å². The van der Waals surface area contributed by atoms with Gasteiger partial charge in [-0.2, -0.15) is 0 Å². The molecule has 0 saturated heterocycles. The number of rotatable bonds is 3. The zero-order chi connectivity index (χ0) is 15.5. The summed E-state index contributed by atoms with van der Waals surface area (Å²) in [7, 11) is 1.63. The van der Waals surface area contributed by atoms with Gasteiger partial charge in [-0.25, -0.2) is 4.98 Å². The number of aromatic nitrogens is 2. The van der Waals surface area contributed by atoms with Crippen LogP contribution in [0.4, 0.5) is 0 Å². The number of benzene rings is 1. The molecule has 0 spiro atoms. The van der Waals surface area contributed by atoms with Gasteiger partial charge in [0.25, 0.3) is 0 Å². The van der Waals surface area contributed by atoms with E-state index in [9.17, 15) is 4.79 Å². The minimum Gasteiger partial charge on any atom is -0.497 e. The highest BCUT2D eigenvalue weighted by Gasteiger charge is 2.20. The lowest BCUT2D eigenvalue weighted by atomic mass is 10.2. The van der Waals surface area contributed by atoms with Gasteiger partial charge in [-0.3, -0.25) is 4.79 Å². The van der Waals surface area contributed by atoms with E-state index < -0.39 is 0 Å². The number of amides is 1. The summed E-state index contributed by atoms with van der Waals surface area (Å²) >= 11 is 0. The third-order valence-electron chi connectivity index (χ3n) is 3.84. The molecule has 6 heteroatoms. The van der Waals surface area contributed by atoms with Crippen LogP contribution in [0.15, 0.2) is 30.6 Å². The monoisotopic (exact) mass is 301 g/mol. The lowest BCUT2D eigenvalue weighted by Crippen LogP contribution is -2.35. The van der Waals surface area contributed by atoms with E-state index in [4.69, 9.17) is 9.47 Å². The van der Waals surface area contributed by atoms with Crippen molar-refractivity contribution in [3.05, 3.63) is 42.0 Å². The molecular formula is C16H19N3O3. The molecule has 0 aliphatic carbocycles. The number of carbonyl (C=O) groups is 1. The van der Waals surface area contributed by atoms with Gasteiger partial charge in [-0.15, -0.1) is 0 Å². The van der Waals surface area contributed by atoms with Crippen LogP contribution >= 0.6 is 0 Å². The fourth-order valence-electron chi connectivity index (χ4n) is 2.51. The third kappa shape index (κ3) is 2.90. The van der Waals surface area contributed by atoms with Gasteiger partial charge in [-0.05, 0) is 19.1 Å². The normalized spacial score (nSPS) is 14.0. The van der Waals surface area contributed by atoms with Crippen molar-refractivity contribution in [1.82, 2.24) is 14.5 Å². The number of imidazole rings is 1. The number of nitrogens with zero attached hydrogens (tertiary/aromatic N) is 3. The number of fused-ring (bicyclic) bond motifs is 1. The first kappa shape index (κ1) is 14.4. The Bertz CT molecular complexity index is 681. The first-order chi connectivity index (χ1) is 10.7. The lowest BCUT2D eigenvalue weighted by molar-refractivity contribution is -0.132. The minimum atomic E-state index is 0.0633. The van der Waals surface area contributed by atoms with Crippen LogP contribution in [-0.2, 0) is 17.9 Å². The van der Waals surface area contributed by atoms with Gasteiger partial charge in [0.15, 0.2) is 0 Å². The van der Waals surface area contributed by atoms with Crippen molar-refractivity contribution >= 4 is 5.91 Å². The van der Waals surface area contributed by atoms with Crippen molar-refractivity contribution in [2.75, 3.05) is 20.3 Å². The highest BCUT2D eigenvalue weighted by atomic mass is 16.5. The Kier molecular flexibility index (Phi) is 4.00. The summed E-state index contributed by atoms with van der Waals surface area (Å²) in [5.74, 6) is 2.44. The average Bonchev–Trinajstić information content (AvgIpc) is 2.81. The largest absolute Gasteiger partial charge is 0.497 e. The standard InChI is InChI=1S/C16H19N3O3/c1-12-17-5-6-18(12)11-16(20)19-7-8-22-15-9-14(21-2)4-3-13(15)10-19/h3-6,9H,7-8,10-11H2,1-2H3. The maximum Gasteiger partial charge on any atom is 0.242 e. The summed E-state index contributed by atoms with van der Waals surface area (Å²) in [5.41, 5.74) is 0.994. The van der Waals surface area contributed by atoms with Crippen LogP contribution in [-0.4, -0.2) is 40.6 Å². The molecule has 1 aromatic carbocycles. The maximum absolute atomic E-state index is 12.5. The minimum absolute atomic E-state index is 0.0633. The van der Waals surface area contributed by atoms with E-state index in [1.807, 2.05) is 40.8 Å². The van der Waals surface area contributed by atoms with E-state index in [-0.39, 0.29) is 5.91 Å². The van der Waals surface area contributed by atoms with Gasteiger partial charge in [0, 0.05) is 30.6 Å². The maximum atomic E-state index is 12.5. The Morgan fingerprint density at radius 1 is 1.45 bits per heavy atom. The third-order valence-corrected chi connectivity index (χ3v) is 3.84. The molecule has 2 aromatic rings. The van der Waals surface area contributed by atoms with Gasteiger partial charge in [0.2, 0.25) is 5.91 Å². The van der Waals surface area contributed by atoms with Gasteiger partial charge < -0.3 is 18.9 Å². The number of methoxy groups -OCH3 is 1. The van der Waals surface area contributed by atoms with Crippen LogP contribution in [0.2, 0.25) is 0 Å². The Balaban J connectivity index is 1.75. The Hall–Kier alpha value is -2.50. The molecule has 0 N–H and O–H groups in total. The quantitative estimate of drug-likeness (QED) is 0.864. The zero-order valence-electron chi connectivity index (χ0n) is 12.8. The molecule has 0 bridgehead atoms. The van der Waals surface area contributed by atoms with E-state index in [0.29, 0.717) is 26.2 Å². The predicted octanol–water partition coefficient (Wildman–Crippen LogP) is 1.62. The molecule has 0 unspecified atom stereocenters. The zero-order valence-corrected chi connectivity index (χ0v) is 12.8. The fraction of sp³-hybridized carbons (Fsp3) is 0.375. The molecule has 2 heterocycles. The Labute approximate surface area is 129 Å². The molecule has 1 aromatic heterocycles. The SMILES string of the molecule is COc1ccc2c(c1)OCCN(C(=O)Cn1ccnc1C)C2. The van der Waals surface area contributed by atoms with Crippen molar-refractivity contribution in [1.29, 1.82) is 0 Å². The molecule has 1 aliphatic rings. The number of aryl methyl sites for hydroxylation is 1. The van der Waals surface area contributed by atoms with Crippen molar-refractivity contribution in [2.45, 2.75) is 20.0 Å². The van der Waals surface area contributed by atoms with Crippen LogP contribution in [0, 0.1) is 6.92 Å². The highest BCUT2D eigenvalue weighted by Crippen LogP contribution is 2.27. The van der Waals surface area contributed by atoms with Gasteiger partial charge in [-0.1, -0.05) is 0 Å². The lowest BCUT2D eigenvalue weighted by Gasteiger charge is -2.20. The molecule has 0 fully saturated rings. The second-order valence-electron chi connectivity index (χ2n) is 5.24. The smallest absolute Gasteiger partial charge is 0.242 e. The van der Waals surface area contributed by atoms with Crippen molar-refractivity contribution < 1.29 is 14.3 Å². The first-order valence-corrected chi connectivity index (χ1v) is 7.22. The van der Waals surface area contributed by atoms with E-state index in [1.54, 1.807) is 13.3 Å². The van der Waals surface area contributed by atoms with Gasteiger partial charge in [0.1, 0.15) is 30.5 Å². The number of hydrogen-bond acceptors (Lipinski definition) is 4. The van der Waals surface area contributed by atoms with Crippen LogP contribution in [0.3, 0.4) is 0 Å². The van der Waals surface area contributed by atoms with Crippen LogP contribution < -0.4 is 9.47 Å². The average molecular weight is 301 g/mol. The molecule has 0 atom stereocenters. The van der Waals surface area contributed by atoms with Crippen molar-refractivity contribution in [3.63, 3.8) is 0 Å². The Morgan fingerprint density at radius 3 is 3.05 bits per heavy atom. The molecular weight excluding hydrogens is 282 g/mol. The molecule has 6 nitrogen and oxygen atoms in total. The van der Waals surface area contributed by atoms with E-state index in [0.717, 1.165) is 22.9 Å². The van der Waals surface area contributed by atoms with Crippen LogP contribution in [0.25, 0.3) is 0 Å². The first-order valence-electron chi connectivity index (χ1n) is 7.22. The summed E-state index contributed by atoms with van der Waals surface area (Å²) in [6, 6.07) is 5.70. The second-order valence-corrected chi connectivity index (χ2v) is 5.24. The topological polar surface area (TPSA) is 56.6 Å². The summed E-state index contributed by atoms with van der Waals surface area (Å²) in [5, 5.41) is 0. The van der Waals surface area contributed by atoms with Crippen LogP contribution in [0.1, 0.15) is 11.4 Å². The second kappa shape index (κ2) is 6.09. The summed E-state index contributed by atoms with van der Waals surface area (Å²) < 4.78 is 12.8. The number of ether oxygens (including phenoxy) is 2.